The maximum absolute atomic E-state index is 13.6. The zero-order valence-electron chi connectivity index (χ0n) is 133. The smallest absolute Gasteiger partial charge is 0.323 e. The average Bonchev–Trinajstić information content (AvgIpc) is 0.689. The molecule has 8 aliphatic rings. The highest BCUT2D eigenvalue weighted by Crippen LogP contribution is 2.50. The topological polar surface area (TPSA) is 296 Å². The quantitative estimate of drug-likeness (QED) is 0.0303. The van der Waals surface area contributed by atoms with Crippen LogP contribution in [0.15, 0.2) is 48.3 Å². The molecule has 0 amide bonds. The molecule has 0 aliphatic carbocycles. The average molecular weight is 1740 g/mol. The van der Waals surface area contributed by atoms with E-state index in [0.717, 1.165) is 36.0 Å². The highest BCUT2D eigenvalue weighted by atomic mass is 16.6. The van der Waals surface area contributed by atoms with Crippen LogP contribution in [-0.4, -0.2) is 201 Å². The van der Waals surface area contributed by atoms with E-state index < -0.39 is 390 Å². The molecule has 8 heterocycles. The maximum Gasteiger partial charge on any atom is 0.323 e. The second-order valence-corrected chi connectivity index (χ2v) is 30.9. The Balaban J connectivity index is 0.000000267. The minimum Gasteiger partial charge on any atom is -0.493 e. The van der Waals surface area contributed by atoms with Gasteiger partial charge in [0.1, 0.15) is 48.4 Å². The van der Waals surface area contributed by atoms with E-state index in [1.807, 2.05) is 13.8 Å². The first-order valence-electron chi connectivity index (χ1n) is 70.4. The summed E-state index contributed by atoms with van der Waals surface area (Å²) >= 11 is 0. The summed E-state index contributed by atoms with van der Waals surface area (Å²) in [4.78, 5) is 58.3. The van der Waals surface area contributed by atoms with Gasteiger partial charge in [0.15, 0.2) is 46.0 Å². The van der Waals surface area contributed by atoms with Crippen LogP contribution >= 0.6 is 0 Å². The van der Waals surface area contributed by atoms with Crippen LogP contribution in [0.3, 0.4) is 0 Å². The van der Waals surface area contributed by atoms with E-state index in [4.69, 9.17) is 165 Å². The minimum atomic E-state index is -3.94. The predicted octanol–water partition coefficient (Wildman–Crippen LogP) is 14.3. The predicted molar refractivity (Wildman–Crippen MR) is 471 cm³/mol. The molecule has 4 saturated heterocycles. The van der Waals surface area contributed by atoms with Gasteiger partial charge < -0.3 is 79.8 Å². The highest BCUT2D eigenvalue weighted by molar-refractivity contribution is 5.77. The molecule has 0 saturated carbocycles. The number of nitrogens with zero attached hydrogens (tertiary/aromatic N) is 4. The minimum absolute atomic E-state index is 0.00181. The van der Waals surface area contributed by atoms with Gasteiger partial charge >= 0.3 is 23.9 Å². The fourth-order valence-electron chi connectivity index (χ4n) is 15.2. The number of piperidine rings is 4. The monoisotopic (exact) mass is 1740 g/mol. The number of ether oxygens (including phenoxy) is 12. The first-order valence-corrected chi connectivity index (χ1v) is 38.4. The molecule has 0 spiro atoms. The summed E-state index contributed by atoms with van der Waals surface area (Å²) in [5.74, 6) is -31.7. The Kier molecular flexibility index (Phi) is 15.1. The van der Waals surface area contributed by atoms with Crippen LogP contribution in [0.1, 0.15) is 318 Å². The Morgan fingerprint density at radius 2 is 0.592 bits per heavy atom. The second kappa shape index (κ2) is 43.9. The van der Waals surface area contributed by atoms with E-state index in [1.165, 1.54) is 26.2 Å². The largest absolute Gasteiger partial charge is 0.493 e. The number of hydrogen-bond acceptors (Lipinski definition) is 24. The van der Waals surface area contributed by atoms with E-state index in [1.54, 1.807) is 41.5 Å². The number of methoxy groups -OCH3 is 8. The number of benzene rings is 4. The molecular weight excluding hydrogens is 1520 g/mol. The van der Waals surface area contributed by atoms with Crippen molar-refractivity contribution in [1.29, 1.82) is 0 Å². The van der Waals surface area contributed by atoms with Crippen LogP contribution in [0, 0.1) is 70.9 Å². The van der Waals surface area contributed by atoms with Crippen molar-refractivity contribution in [1.82, 2.24) is 19.6 Å². The molecule has 8 aliphatic heterocycles. The van der Waals surface area contributed by atoms with Crippen LogP contribution in [0.4, 0.5) is 0 Å². The van der Waals surface area contributed by atoms with Crippen molar-refractivity contribution >= 4 is 23.9 Å². The van der Waals surface area contributed by atoms with Gasteiger partial charge in [-0.05, 0) is 191 Å². The molecule has 8 N–H and O–H groups in total. The van der Waals surface area contributed by atoms with Crippen LogP contribution in [-0.2, 0) is 63.6 Å². The van der Waals surface area contributed by atoms with Gasteiger partial charge in [0.05, 0.1) is 84.1 Å². The van der Waals surface area contributed by atoms with E-state index >= 15 is 0 Å². The van der Waals surface area contributed by atoms with Crippen LogP contribution in [0.5, 0.6) is 46.0 Å². The van der Waals surface area contributed by atoms with Gasteiger partial charge in [-0.15, -0.1) is 0 Å². The van der Waals surface area contributed by atoms with Gasteiger partial charge in [-0.1, -0.05) is 110 Å². The second-order valence-electron chi connectivity index (χ2n) is 30.9. The van der Waals surface area contributed by atoms with E-state index in [0.29, 0.717) is 0 Å². The number of hydrogen-bond donors (Lipinski definition) is 4. The van der Waals surface area contributed by atoms with Gasteiger partial charge in [0.2, 0.25) is 0 Å². The number of fused-ring (bicyclic) bond motifs is 12. The van der Waals surface area contributed by atoms with Crippen molar-refractivity contribution in [2.24, 2.45) is 93.9 Å². The third-order valence-electron chi connectivity index (χ3n) is 20.8. The number of esters is 4. The molecule has 12 unspecified atom stereocenters. The Morgan fingerprint density at radius 3 is 0.833 bits per heavy atom. The van der Waals surface area contributed by atoms with Gasteiger partial charge in [0, 0.05) is 186 Å². The number of carbonyl (C=O) groups is 4. The molecule has 672 valence electrons. The molecule has 0 bridgehead atoms. The van der Waals surface area contributed by atoms with Crippen molar-refractivity contribution in [3.8, 4) is 46.0 Å². The normalized spacial score (nSPS) is 39.8. The molecule has 0 radical (unpaired) electrons. The van der Waals surface area contributed by atoms with E-state index in [2.05, 4.69) is 0 Å². The molecule has 24 heteroatoms. The van der Waals surface area contributed by atoms with Gasteiger partial charge in [-0.2, -0.15) is 0 Å². The lowest BCUT2D eigenvalue weighted by atomic mass is 9.79. The molecule has 16 atom stereocenters. The van der Waals surface area contributed by atoms with E-state index in [9.17, 15) is 21.9 Å². The van der Waals surface area contributed by atoms with Crippen molar-refractivity contribution in [2.45, 2.75) is 260 Å². The Bertz CT molecular complexity index is 6970. The third-order valence-corrected chi connectivity index (χ3v) is 20.8. The molecule has 4 aromatic carbocycles. The standard InChI is InChI=1S/4C24H38N2O4/c4*1-14(2)9-17-13-26-8-7-16-10-21(28-5)22(29-6)11-18(16)19(26)12-20(17)30-24(27)23(25)15(3)4/h4*10-11,14-15,17,19-20,23H,7-9,12-13,25H2,1-6H3/t4*17?,19?,20?,23-/m0000/s1/i3D3,4D3,5D3,7D2,8D2,10D,11D,15D,20D,23D;3D3,4D3,7D2,8D2,10D,11D,15D,20D,23D;3D3,4D3,5D3,7D2,8D2,10D,11D,15D,23D;3D3,4D3,7D2,8D2,10D,11D,15D,23D. The van der Waals surface area contributed by atoms with Crippen LogP contribution in [0.2, 0.25) is 0 Å². The van der Waals surface area contributed by atoms with Gasteiger partial charge in [-0.3, -0.25) is 38.8 Å². The number of carbonyl (C=O) groups excluding carboxylic acids is 4. The lowest BCUT2D eigenvalue weighted by Gasteiger charge is -2.47. The Morgan fingerprint density at radius 1 is 0.367 bits per heavy atom. The van der Waals surface area contributed by atoms with Crippen molar-refractivity contribution in [3.05, 3.63) is 92.8 Å². The van der Waals surface area contributed by atoms with Gasteiger partial charge in [0.25, 0.3) is 0 Å². The summed E-state index contributed by atoms with van der Waals surface area (Å²) in [6, 6.07) is -25.6. The third kappa shape index (κ3) is 23.8. The molecule has 4 aromatic rings. The van der Waals surface area contributed by atoms with Crippen molar-refractivity contribution < 1.29 is 164 Å². The summed E-state index contributed by atoms with van der Waals surface area (Å²) in [5, 5.41) is 0. The summed E-state index contributed by atoms with van der Waals surface area (Å²) < 4.78 is 590. The first-order chi connectivity index (χ1) is 82.0. The van der Waals surface area contributed by atoms with Crippen LogP contribution < -0.4 is 60.8 Å². The number of rotatable bonds is 28. The lowest BCUT2D eigenvalue weighted by Crippen LogP contribution is -2.51. The van der Waals surface area contributed by atoms with Crippen molar-refractivity contribution in [2.75, 3.05) is 109 Å². The summed E-state index contributed by atoms with van der Waals surface area (Å²) in [6.45, 7) is -29.1. The number of nitrogens with two attached hydrogens (primary N) is 4. The van der Waals surface area contributed by atoms with E-state index in [-0.39, 0.29) is 115 Å². The SMILES string of the molecule is [2H]c1c(OC)c(OC([2H])([2H])[2H])c([2H])c2c1C1CC(OC(=O)[C@@]([2H])(N)C([2H])(C([2H])([2H])[2H])C([2H])([2H])[2H])C(CC(C)C)CN1C([2H])([2H])C2([2H])[2H].[2H]c1c(OC)c(OC([2H])([2H])[2H])c([2H])c2c1C1CC([2H])(OC(=O)[C@@]([2H])(N)C([2H])(C([2H])([2H])[2H])C([2H])([2H])[2H])C(CC(C)C)CN1C([2H])([2H])C2([2H])[2H].[2H]c1c(OC)c(OC)c([2H])c2c1C1CC(OC(=O)[C@@]([2H])(N)C([2H])(C([2H])([2H])[2H])C([2H])([2H])[2H])C(CC(C)C)CN1C([2H])([2H])C2([2H])[2H].[2H]c1c(OC)c(OC)c([2H])c2c1C1CC([2H])(OC(=O)[C@@]([2H])(N)C([2H])(C([2H])([2H])[2H])C([2H])([2H])[2H])C(CC(C)C)CN1C([2H])([2H])C2([2H])[2H]. The zero-order chi connectivity index (χ0) is 144. The molecule has 120 heavy (non-hydrogen) atoms. The summed E-state index contributed by atoms with van der Waals surface area (Å²) in [6.07, 6.45) is -21.3. The summed E-state index contributed by atoms with van der Waals surface area (Å²) in [7, 11) is 0.484. The molecular formula is C96H152N8O16. The molecule has 4 fully saturated rings. The fourth-order valence-corrected chi connectivity index (χ4v) is 15.2. The van der Waals surface area contributed by atoms with Gasteiger partial charge in [-0.25, -0.2) is 0 Å². The highest BCUT2D eigenvalue weighted by Gasteiger charge is 2.47. The zero-order valence-corrected chi connectivity index (χ0v) is 69.2. The summed E-state index contributed by atoms with van der Waals surface area (Å²) in [5.41, 5.74) is 19.4. The Labute approximate surface area is 808 Å². The Hall–Kier alpha value is -7.16. The lowest BCUT2D eigenvalue weighted by molar-refractivity contribution is -0.161. The van der Waals surface area contributed by atoms with Crippen molar-refractivity contribution in [3.63, 3.8) is 0 Å². The molecule has 12 rings (SSSR count). The maximum atomic E-state index is 13.6. The fraction of sp³-hybridized carbons (Fsp3) is 0.708. The van der Waals surface area contributed by atoms with Crippen LogP contribution in [0.25, 0.3) is 0 Å². The molecule has 24 nitrogen and oxygen atoms in total. The first kappa shape index (κ1) is 41.3. The molecule has 0 aromatic heterocycles.